The standard InChI is InChI=1S/C15H15N3O5/c1-23-15(22)10-7-18-14(21)12(13(10)20)9(6-11(16)19)8-2-4-17-5-3-8/h2-5,7,9H,6H2,1H3,(H2,16,19)(H2,18,20,21)/t9-/m0/s1. The summed E-state index contributed by atoms with van der Waals surface area (Å²) in [7, 11) is 1.15. The topological polar surface area (TPSA) is 135 Å². The van der Waals surface area contributed by atoms with E-state index >= 15 is 0 Å². The molecule has 4 N–H and O–H groups in total. The number of nitrogens with zero attached hydrogens (tertiary/aromatic N) is 1. The number of carbonyl (C=O) groups excluding carboxylic acids is 2. The molecular weight excluding hydrogens is 302 g/mol. The first kappa shape index (κ1) is 16.2. The Morgan fingerprint density at radius 3 is 2.61 bits per heavy atom. The molecule has 0 fully saturated rings. The number of amides is 1. The first-order valence-electron chi connectivity index (χ1n) is 6.66. The second-order valence-electron chi connectivity index (χ2n) is 4.79. The number of H-pyrrole nitrogens is 1. The van der Waals surface area contributed by atoms with Gasteiger partial charge in [-0.15, -0.1) is 0 Å². The normalized spacial score (nSPS) is 11.7. The van der Waals surface area contributed by atoms with E-state index in [1.807, 2.05) is 0 Å². The summed E-state index contributed by atoms with van der Waals surface area (Å²) >= 11 is 0. The number of rotatable bonds is 5. The Hall–Kier alpha value is -3.16. The van der Waals surface area contributed by atoms with Crippen LogP contribution in [0.5, 0.6) is 5.75 Å². The largest absolute Gasteiger partial charge is 0.506 e. The fourth-order valence-electron chi connectivity index (χ4n) is 2.31. The number of methoxy groups -OCH3 is 1. The number of nitrogens with one attached hydrogen (secondary N) is 1. The zero-order chi connectivity index (χ0) is 17.0. The second-order valence-corrected chi connectivity index (χ2v) is 4.79. The molecule has 0 aliphatic heterocycles. The number of aromatic amines is 1. The molecule has 2 heterocycles. The number of pyridine rings is 2. The highest BCUT2D eigenvalue weighted by Gasteiger charge is 2.27. The van der Waals surface area contributed by atoms with Gasteiger partial charge in [0, 0.05) is 30.9 Å². The number of nitrogens with two attached hydrogens (primary N) is 1. The Morgan fingerprint density at radius 1 is 1.39 bits per heavy atom. The summed E-state index contributed by atoms with van der Waals surface area (Å²) < 4.78 is 4.56. The van der Waals surface area contributed by atoms with Crippen LogP contribution >= 0.6 is 0 Å². The average molecular weight is 317 g/mol. The second kappa shape index (κ2) is 6.73. The molecule has 0 unspecified atom stereocenters. The minimum atomic E-state index is -0.816. The molecule has 0 saturated heterocycles. The lowest BCUT2D eigenvalue weighted by molar-refractivity contribution is -0.118. The van der Waals surface area contributed by atoms with Crippen molar-refractivity contribution < 1.29 is 19.4 Å². The Morgan fingerprint density at radius 2 is 2.04 bits per heavy atom. The Kier molecular flexibility index (Phi) is 4.75. The SMILES string of the molecule is COC(=O)c1c[nH]c(=O)c([C@@H](CC(N)=O)c2ccncc2)c1O. The summed E-state index contributed by atoms with van der Waals surface area (Å²) in [6.45, 7) is 0. The van der Waals surface area contributed by atoms with Crippen molar-refractivity contribution in [3.05, 3.63) is 57.8 Å². The molecule has 8 nitrogen and oxygen atoms in total. The molecule has 0 radical (unpaired) electrons. The van der Waals surface area contributed by atoms with Crippen LogP contribution in [-0.4, -0.2) is 34.1 Å². The van der Waals surface area contributed by atoms with Crippen LogP contribution in [0.2, 0.25) is 0 Å². The lowest BCUT2D eigenvalue weighted by atomic mass is 9.88. The minimum absolute atomic E-state index is 0.127. The van der Waals surface area contributed by atoms with E-state index in [0.29, 0.717) is 5.56 Å². The van der Waals surface area contributed by atoms with Gasteiger partial charge in [0.05, 0.1) is 12.7 Å². The molecule has 0 aliphatic rings. The van der Waals surface area contributed by atoms with Crippen molar-refractivity contribution >= 4 is 11.9 Å². The van der Waals surface area contributed by atoms with E-state index in [1.54, 1.807) is 12.1 Å². The van der Waals surface area contributed by atoms with E-state index in [9.17, 15) is 19.5 Å². The molecule has 0 aliphatic carbocycles. The van der Waals surface area contributed by atoms with Crippen molar-refractivity contribution in [2.45, 2.75) is 12.3 Å². The van der Waals surface area contributed by atoms with E-state index in [0.717, 1.165) is 13.3 Å². The molecule has 8 heteroatoms. The molecule has 0 spiro atoms. The van der Waals surface area contributed by atoms with Gasteiger partial charge in [0.15, 0.2) is 0 Å². The molecule has 0 aromatic carbocycles. The van der Waals surface area contributed by atoms with Gasteiger partial charge < -0.3 is 20.6 Å². The third-order valence-electron chi connectivity index (χ3n) is 3.37. The van der Waals surface area contributed by atoms with E-state index in [4.69, 9.17) is 5.73 Å². The third kappa shape index (κ3) is 3.37. The van der Waals surface area contributed by atoms with Crippen molar-refractivity contribution in [1.29, 1.82) is 0 Å². The predicted molar refractivity (Wildman–Crippen MR) is 80.0 cm³/mol. The highest BCUT2D eigenvalue weighted by Crippen LogP contribution is 2.32. The van der Waals surface area contributed by atoms with Gasteiger partial charge in [-0.1, -0.05) is 0 Å². The molecular formula is C15H15N3O5. The quantitative estimate of drug-likeness (QED) is 0.677. The zero-order valence-corrected chi connectivity index (χ0v) is 12.3. The molecule has 0 saturated carbocycles. The van der Waals surface area contributed by atoms with Crippen molar-refractivity contribution in [1.82, 2.24) is 9.97 Å². The van der Waals surface area contributed by atoms with E-state index < -0.39 is 29.1 Å². The fraction of sp³-hybridized carbons (Fsp3) is 0.200. The highest BCUT2D eigenvalue weighted by atomic mass is 16.5. The van der Waals surface area contributed by atoms with Crippen LogP contribution in [0.3, 0.4) is 0 Å². The Balaban J connectivity index is 2.65. The van der Waals surface area contributed by atoms with Gasteiger partial charge in [-0.3, -0.25) is 14.6 Å². The van der Waals surface area contributed by atoms with Crippen LogP contribution in [0.25, 0.3) is 0 Å². The van der Waals surface area contributed by atoms with E-state index in [1.165, 1.54) is 12.4 Å². The summed E-state index contributed by atoms with van der Waals surface area (Å²) in [5.41, 5.74) is 4.85. The molecule has 2 aromatic rings. The van der Waals surface area contributed by atoms with Gasteiger partial charge in [-0.2, -0.15) is 0 Å². The van der Waals surface area contributed by atoms with Crippen LogP contribution in [0.1, 0.15) is 33.8 Å². The van der Waals surface area contributed by atoms with Crippen molar-refractivity contribution in [3.8, 4) is 5.75 Å². The van der Waals surface area contributed by atoms with Crippen LogP contribution in [0, 0.1) is 0 Å². The fourth-order valence-corrected chi connectivity index (χ4v) is 2.31. The van der Waals surface area contributed by atoms with Gasteiger partial charge >= 0.3 is 5.97 Å². The lowest BCUT2D eigenvalue weighted by Crippen LogP contribution is -2.23. The zero-order valence-electron chi connectivity index (χ0n) is 12.3. The Labute approximate surface area is 130 Å². The average Bonchev–Trinajstić information content (AvgIpc) is 2.54. The first-order valence-corrected chi connectivity index (χ1v) is 6.66. The van der Waals surface area contributed by atoms with Gasteiger partial charge in [0.2, 0.25) is 5.91 Å². The van der Waals surface area contributed by atoms with Gasteiger partial charge in [-0.05, 0) is 17.7 Å². The van der Waals surface area contributed by atoms with E-state index in [-0.39, 0.29) is 17.5 Å². The van der Waals surface area contributed by atoms with Crippen LogP contribution in [0.4, 0.5) is 0 Å². The summed E-state index contributed by atoms with van der Waals surface area (Å²) in [4.78, 5) is 41.4. The maximum atomic E-state index is 12.2. The monoisotopic (exact) mass is 317 g/mol. The molecule has 1 atom stereocenters. The Bertz CT molecular complexity index is 785. The number of hydrogen-bond donors (Lipinski definition) is 3. The number of aromatic nitrogens is 2. The third-order valence-corrected chi connectivity index (χ3v) is 3.37. The van der Waals surface area contributed by atoms with Gasteiger partial charge in [0.25, 0.3) is 5.56 Å². The van der Waals surface area contributed by atoms with Crippen molar-refractivity contribution in [2.75, 3.05) is 7.11 Å². The highest BCUT2D eigenvalue weighted by molar-refractivity contribution is 5.92. The smallest absolute Gasteiger partial charge is 0.343 e. The number of hydrogen-bond acceptors (Lipinski definition) is 6. The van der Waals surface area contributed by atoms with Gasteiger partial charge in [0.1, 0.15) is 11.3 Å². The first-order chi connectivity index (χ1) is 11.0. The number of primary amides is 1. The van der Waals surface area contributed by atoms with Gasteiger partial charge in [-0.25, -0.2) is 4.79 Å². The maximum absolute atomic E-state index is 12.2. The molecule has 0 bridgehead atoms. The minimum Gasteiger partial charge on any atom is -0.506 e. The predicted octanol–water partition coefficient (Wildman–Crippen LogP) is 0.269. The van der Waals surface area contributed by atoms with Crippen molar-refractivity contribution in [3.63, 3.8) is 0 Å². The number of aromatic hydroxyl groups is 1. The molecule has 1 amide bonds. The maximum Gasteiger partial charge on any atom is 0.343 e. The number of esters is 1. The van der Waals surface area contributed by atoms with Crippen LogP contribution in [-0.2, 0) is 9.53 Å². The van der Waals surface area contributed by atoms with E-state index in [2.05, 4.69) is 14.7 Å². The summed E-state index contributed by atoms with van der Waals surface area (Å²) in [6.07, 6.45) is 3.81. The number of carbonyl (C=O) groups is 2. The lowest BCUT2D eigenvalue weighted by Gasteiger charge is -2.17. The summed E-state index contributed by atoms with van der Waals surface area (Å²) in [6, 6.07) is 3.19. The molecule has 2 rings (SSSR count). The van der Waals surface area contributed by atoms with Crippen molar-refractivity contribution in [2.24, 2.45) is 5.73 Å². The molecule has 23 heavy (non-hydrogen) atoms. The molecule has 2 aromatic heterocycles. The molecule has 120 valence electrons. The summed E-state index contributed by atoms with van der Waals surface area (Å²) in [5, 5.41) is 10.3. The van der Waals surface area contributed by atoms with Crippen LogP contribution in [0.15, 0.2) is 35.5 Å². The number of ether oxygens (including phenoxy) is 1. The summed E-state index contributed by atoms with van der Waals surface area (Å²) in [5.74, 6) is -2.82. The van der Waals surface area contributed by atoms with Crippen LogP contribution < -0.4 is 11.3 Å².